The summed E-state index contributed by atoms with van der Waals surface area (Å²) in [5.74, 6) is -0.731. The van der Waals surface area contributed by atoms with Gasteiger partial charge in [0.2, 0.25) is 0 Å². The van der Waals surface area contributed by atoms with E-state index in [0.717, 1.165) is 33.6 Å². The Morgan fingerprint density at radius 2 is 0.987 bits per heavy atom. The summed E-state index contributed by atoms with van der Waals surface area (Å²) in [5.41, 5.74) is 4.24. The minimum absolute atomic E-state index is 0. The largest absolute Gasteiger partial charge is 1.00 e. The third kappa shape index (κ3) is 13.6. The first-order valence-corrected chi connectivity index (χ1v) is 25.5. The fourth-order valence-electron chi connectivity index (χ4n) is 11.1. The monoisotopic (exact) mass is 1140 g/mol. The van der Waals surface area contributed by atoms with Crippen LogP contribution in [0.2, 0.25) is 20.1 Å². The Kier molecular flexibility index (Phi) is 18.6. The van der Waals surface area contributed by atoms with E-state index in [1.807, 2.05) is 53.4 Å². The normalized spacial score (nSPS) is 19.7. The number of hydrogen-bond donors (Lipinski definition) is 1. The Morgan fingerprint density at radius 3 is 1.34 bits per heavy atom. The Morgan fingerprint density at radius 1 is 0.623 bits per heavy atom. The van der Waals surface area contributed by atoms with E-state index in [2.05, 4.69) is 19.4 Å². The summed E-state index contributed by atoms with van der Waals surface area (Å²) >= 11 is 25.1. The van der Waals surface area contributed by atoms with Crippen LogP contribution in [0.3, 0.4) is 0 Å². The molecule has 1 N–H and O–H groups in total. The number of fused-ring (bicyclic) bond motifs is 4. The van der Waals surface area contributed by atoms with Crippen molar-refractivity contribution < 1.29 is 74.1 Å². The number of benzene rings is 4. The van der Waals surface area contributed by atoms with Crippen LogP contribution in [0.15, 0.2) is 122 Å². The first-order chi connectivity index (χ1) is 35.4. The predicted molar refractivity (Wildman–Crippen MR) is 277 cm³/mol. The van der Waals surface area contributed by atoms with Crippen molar-refractivity contribution in [2.75, 3.05) is 26.2 Å². The molecule has 0 saturated carbocycles. The molecule has 2 aromatic heterocycles. The number of likely N-dealkylation sites (tertiary alicyclic amines) is 2. The minimum Gasteiger partial charge on any atom is -0.406 e. The number of pyridine rings is 2. The molecule has 0 aliphatic carbocycles. The maximum Gasteiger partial charge on any atom is 1.00 e. The molecule has 2 spiro atoms. The average molecular weight is 1140 g/mol. The van der Waals surface area contributed by atoms with Gasteiger partial charge in [-0.25, -0.2) is 0 Å². The smallest absolute Gasteiger partial charge is 0.406 e. The Labute approximate surface area is 475 Å². The molecule has 4 unspecified atom stereocenters. The molecule has 2 saturated heterocycles. The van der Waals surface area contributed by atoms with Gasteiger partial charge >= 0.3 is 31.6 Å². The number of nitrogens with zero attached hydrogens (tertiary/aromatic N) is 4. The van der Waals surface area contributed by atoms with E-state index in [1.165, 1.54) is 43.3 Å². The summed E-state index contributed by atoms with van der Waals surface area (Å²) in [7, 11) is 0. The van der Waals surface area contributed by atoms with Gasteiger partial charge in [-0.15, -0.1) is 26.3 Å². The van der Waals surface area contributed by atoms with Crippen molar-refractivity contribution in [1.82, 2.24) is 19.8 Å². The average Bonchev–Trinajstić information content (AvgIpc) is 3.92. The number of halogens is 10. The molecule has 6 aromatic rings. The number of carbonyl (C=O) groups excluding carboxylic acids is 1. The van der Waals surface area contributed by atoms with Gasteiger partial charge in [0, 0.05) is 69.8 Å². The summed E-state index contributed by atoms with van der Waals surface area (Å²) in [6, 6.07) is 28.5. The van der Waals surface area contributed by atoms with Gasteiger partial charge in [-0.05, 0) is 142 Å². The predicted octanol–water partition coefficient (Wildman–Crippen LogP) is 11.7. The Bertz CT molecular complexity index is 2990. The number of aromatic nitrogens is 2. The van der Waals surface area contributed by atoms with E-state index in [1.54, 1.807) is 50.5 Å². The summed E-state index contributed by atoms with van der Waals surface area (Å²) < 4.78 is 96.8. The fourth-order valence-corrected chi connectivity index (χ4v) is 12.2. The van der Waals surface area contributed by atoms with Crippen molar-refractivity contribution in [3.8, 4) is 11.5 Å². The van der Waals surface area contributed by atoms with Gasteiger partial charge in [-0.2, -0.15) is 0 Å². The van der Waals surface area contributed by atoms with Crippen LogP contribution in [-0.2, 0) is 25.5 Å². The van der Waals surface area contributed by atoms with Gasteiger partial charge in [-0.1, -0.05) is 82.8 Å². The zero-order valence-electron chi connectivity index (χ0n) is 42.6. The molecule has 10 nitrogen and oxygen atoms in total. The molecule has 0 bridgehead atoms. The van der Waals surface area contributed by atoms with Crippen LogP contribution in [0.5, 0.6) is 11.5 Å². The van der Waals surface area contributed by atoms with Gasteiger partial charge in [0.05, 0.1) is 29.1 Å². The van der Waals surface area contributed by atoms with E-state index >= 15 is 0 Å². The molecule has 4 aliphatic heterocycles. The minimum atomic E-state index is -4.78. The van der Waals surface area contributed by atoms with Crippen molar-refractivity contribution in [2.24, 2.45) is 0 Å². The molecule has 2 fully saturated rings. The zero-order chi connectivity index (χ0) is 53.7. The second-order valence-electron chi connectivity index (χ2n) is 19.6. The number of ether oxygens (including phenoxy) is 4. The number of rotatable bonds is 10. The standard InChI is InChI=1S/C28H27Cl2F3N2O3.C27H23Cl2F3N2O3.CH3.Li/c1-26(2,36)25(17-5-7-21(8-6-17)37-28(31,32)33)35-12-9-27(10-13-35)24-22(4-3-11-34-24)23(38-27)18-14-19(29)16-20(30)15-18;1-16(35)23(17-4-6-21(7-5-17)36-27(30,31)32)34-11-8-26(9-12-34)25-22(3-2-10-33-25)24(37-26)18-13-19(28)15-20(29)14-18;;/h3-8,11,14-16,23,25,36H,9-10,12-13H2,1-2H3;2-7,10,13-15,23-24H,8-9,11-12H2,1H3;1H3;/q;;-1;+1. The molecule has 4 atom stereocenters. The summed E-state index contributed by atoms with van der Waals surface area (Å²) in [5, 5.41) is 13.2. The zero-order valence-corrected chi connectivity index (χ0v) is 45.6. The second kappa shape index (κ2) is 23.7. The van der Waals surface area contributed by atoms with E-state index in [4.69, 9.17) is 60.9 Å². The number of carbonyl (C=O) groups is 1. The molecule has 404 valence electrons. The van der Waals surface area contributed by atoms with Crippen molar-refractivity contribution in [3.05, 3.63) is 194 Å². The molecular formula is C56H53Cl4F6LiN4O6. The van der Waals surface area contributed by atoms with Gasteiger partial charge in [0.1, 0.15) is 34.9 Å². The summed E-state index contributed by atoms with van der Waals surface area (Å²) in [4.78, 5) is 26.2. The SMILES string of the molecule is CC(=O)C(c1ccc(OC(F)(F)F)cc1)N1CCC2(CC1)OC(c1cc(Cl)cc(Cl)c1)c1cccnc12.CC(C)(O)C(c1ccc(OC(F)(F)F)cc1)N1CCC2(CC1)OC(c1cc(Cl)cc(Cl)c1)c1cccnc12.[CH3-].[Li+]. The Balaban J connectivity index is 0.000000218. The topological polar surface area (TPSA) is 106 Å². The number of Topliss-reactive ketones (excluding diaryl/α,β-unsaturated/α-hetero) is 1. The molecule has 10 rings (SSSR count). The van der Waals surface area contributed by atoms with Crippen LogP contribution < -0.4 is 28.3 Å². The fraction of sp³-hybridized carbons (Fsp3) is 0.357. The maximum atomic E-state index is 12.6. The van der Waals surface area contributed by atoms with Crippen molar-refractivity contribution >= 4 is 52.2 Å². The van der Waals surface area contributed by atoms with Crippen LogP contribution in [-0.4, -0.2) is 75.2 Å². The maximum absolute atomic E-state index is 12.6. The second-order valence-corrected chi connectivity index (χ2v) is 21.4. The molecule has 4 aliphatic rings. The van der Waals surface area contributed by atoms with Crippen LogP contribution in [0.25, 0.3) is 0 Å². The van der Waals surface area contributed by atoms with Crippen LogP contribution in [0.1, 0.15) is 116 Å². The van der Waals surface area contributed by atoms with Gasteiger partial charge in [-0.3, -0.25) is 24.6 Å². The van der Waals surface area contributed by atoms with Gasteiger partial charge in [0.15, 0.2) is 5.78 Å². The molecule has 21 heteroatoms. The van der Waals surface area contributed by atoms with E-state index < -0.39 is 41.6 Å². The molecule has 0 radical (unpaired) electrons. The van der Waals surface area contributed by atoms with Crippen molar-refractivity contribution in [2.45, 2.75) is 100 Å². The third-order valence-electron chi connectivity index (χ3n) is 14.0. The number of alkyl halides is 6. The number of ketones is 1. The number of hydrogen-bond acceptors (Lipinski definition) is 10. The molecule has 77 heavy (non-hydrogen) atoms. The number of piperidine rings is 2. The first kappa shape index (κ1) is 60.2. The summed E-state index contributed by atoms with van der Waals surface area (Å²) in [6.07, 6.45) is -4.39. The molecule has 6 heterocycles. The quantitative estimate of drug-likeness (QED) is 0.0810. The van der Waals surface area contributed by atoms with E-state index in [-0.39, 0.29) is 55.8 Å². The molecule has 4 aromatic carbocycles. The third-order valence-corrected chi connectivity index (χ3v) is 14.9. The van der Waals surface area contributed by atoms with Crippen LogP contribution in [0, 0.1) is 7.43 Å². The summed E-state index contributed by atoms with van der Waals surface area (Å²) in [6.45, 7) is 7.10. The van der Waals surface area contributed by atoms with E-state index in [9.17, 15) is 36.2 Å². The van der Waals surface area contributed by atoms with Gasteiger partial charge < -0.3 is 31.5 Å². The molecule has 0 amide bonds. The van der Waals surface area contributed by atoms with E-state index in [0.29, 0.717) is 83.1 Å². The first-order valence-electron chi connectivity index (χ1n) is 24.0. The molecular weight excluding hydrogens is 1090 g/mol. The van der Waals surface area contributed by atoms with Gasteiger partial charge in [0.25, 0.3) is 0 Å². The van der Waals surface area contributed by atoms with Crippen molar-refractivity contribution in [3.63, 3.8) is 0 Å². The van der Waals surface area contributed by atoms with Crippen molar-refractivity contribution in [1.29, 1.82) is 0 Å². The van der Waals surface area contributed by atoms with Crippen LogP contribution >= 0.6 is 46.4 Å². The van der Waals surface area contributed by atoms with Crippen LogP contribution in [0.4, 0.5) is 26.3 Å². The number of aliphatic hydroxyl groups is 1. The Hall–Kier alpha value is -4.41.